The summed E-state index contributed by atoms with van der Waals surface area (Å²) in [4.78, 5) is 15.3. The minimum absolute atomic E-state index is 0.198. The average molecular weight is 385 g/mol. The van der Waals surface area contributed by atoms with Gasteiger partial charge in [-0.1, -0.05) is 37.1 Å². The van der Waals surface area contributed by atoms with Crippen molar-refractivity contribution in [3.63, 3.8) is 0 Å². The number of para-hydroxylation sites is 1. The number of aryl methyl sites for hydroxylation is 2. The molecule has 142 valence electrons. The highest BCUT2D eigenvalue weighted by Gasteiger charge is 2.43. The number of carbonyl (C=O) groups is 1. The molecule has 1 saturated carbocycles. The summed E-state index contributed by atoms with van der Waals surface area (Å²) in [5, 5.41) is 0. The van der Waals surface area contributed by atoms with Crippen LogP contribution in [0.1, 0.15) is 36.8 Å². The van der Waals surface area contributed by atoms with Crippen molar-refractivity contribution in [1.82, 2.24) is 0 Å². The molecule has 2 aliphatic rings. The molecule has 2 amide bonds. The predicted octanol–water partition coefficient (Wildman–Crippen LogP) is 4.63. The van der Waals surface area contributed by atoms with E-state index < -0.39 is 16.1 Å². The first-order valence-electron chi connectivity index (χ1n) is 9.42. The van der Waals surface area contributed by atoms with E-state index in [1.54, 1.807) is 35.2 Å². The van der Waals surface area contributed by atoms with Crippen molar-refractivity contribution in [2.75, 3.05) is 15.7 Å². The Bertz CT molecular complexity index is 994. The minimum Gasteiger partial charge on any atom is -0.292 e. The summed E-state index contributed by atoms with van der Waals surface area (Å²) in [6, 6.07) is 11.9. The van der Waals surface area contributed by atoms with Gasteiger partial charge < -0.3 is 0 Å². The van der Waals surface area contributed by atoms with Gasteiger partial charge in [0.2, 0.25) is 0 Å². The van der Waals surface area contributed by atoms with E-state index in [-0.39, 0.29) is 4.90 Å². The zero-order valence-corrected chi connectivity index (χ0v) is 16.5. The predicted molar refractivity (Wildman–Crippen MR) is 107 cm³/mol. The maximum Gasteiger partial charge on any atom is 0.343 e. The fourth-order valence-electron chi connectivity index (χ4n) is 4.11. The average Bonchev–Trinajstić information content (AvgIpc) is 3.15. The van der Waals surface area contributed by atoms with Crippen molar-refractivity contribution in [3.05, 3.63) is 53.6 Å². The van der Waals surface area contributed by atoms with Crippen LogP contribution in [0.5, 0.6) is 0 Å². The summed E-state index contributed by atoms with van der Waals surface area (Å²) in [6.45, 7) is 4.29. The van der Waals surface area contributed by atoms with Crippen LogP contribution in [-0.2, 0) is 10.0 Å². The largest absolute Gasteiger partial charge is 0.343 e. The zero-order valence-electron chi connectivity index (χ0n) is 15.7. The van der Waals surface area contributed by atoms with Gasteiger partial charge in [0.05, 0.1) is 11.4 Å². The summed E-state index contributed by atoms with van der Waals surface area (Å²) < 4.78 is 27.7. The van der Waals surface area contributed by atoms with Crippen molar-refractivity contribution in [2.45, 2.75) is 44.4 Å². The molecule has 1 aliphatic heterocycles. The number of sulfonamides is 1. The van der Waals surface area contributed by atoms with E-state index >= 15 is 0 Å². The highest BCUT2D eigenvalue weighted by atomic mass is 32.2. The van der Waals surface area contributed by atoms with Gasteiger partial charge >= 0.3 is 6.03 Å². The Kier molecular flexibility index (Phi) is 4.46. The molecular formula is C21H24N2O3S. The lowest BCUT2D eigenvalue weighted by atomic mass is 10.1. The lowest BCUT2D eigenvalue weighted by molar-refractivity contribution is 0.252. The van der Waals surface area contributed by atoms with Gasteiger partial charge in [-0.15, -0.1) is 0 Å². The first kappa shape index (κ1) is 18.0. The Morgan fingerprint density at radius 2 is 1.70 bits per heavy atom. The van der Waals surface area contributed by atoms with Gasteiger partial charge in [-0.3, -0.25) is 4.90 Å². The molecule has 6 heteroatoms. The first-order chi connectivity index (χ1) is 12.9. The Balaban J connectivity index is 1.87. The van der Waals surface area contributed by atoms with Crippen LogP contribution in [0.25, 0.3) is 0 Å². The van der Waals surface area contributed by atoms with Gasteiger partial charge in [0, 0.05) is 6.54 Å². The number of urea groups is 1. The Morgan fingerprint density at radius 1 is 1.00 bits per heavy atom. The number of nitrogens with zero attached hydrogens (tertiary/aromatic N) is 2. The van der Waals surface area contributed by atoms with E-state index in [0.717, 1.165) is 28.3 Å². The molecule has 0 N–H and O–H groups in total. The molecule has 1 heterocycles. The Hall–Kier alpha value is -2.34. The van der Waals surface area contributed by atoms with Crippen LogP contribution in [0.15, 0.2) is 47.4 Å². The minimum atomic E-state index is -3.95. The third-order valence-corrected chi connectivity index (χ3v) is 7.31. The standard InChI is InChI=1S/C21H24N2O3S/c1-15-11-12-16(2)19(13-15)23-21(24)22(14-17-7-3-4-8-17)18-9-5-6-10-20(18)27(23,25)26/h5-6,9-13,17H,3-4,7-8,14H2,1-2H3. The molecule has 0 radical (unpaired) electrons. The normalized spacial score (nSPS) is 19.4. The van der Waals surface area contributed by atoms with Gasteiger partial charge in [0.15, 0.2) is 0 Å². The van der Waals surface area contributed by atoms with Crippen LogP contribution in [0, 0.1) is 19.8 Å². The van der Waals surface area contributed by atoms with E-state index in [9.17, 15) is 13.2 Å². The lowest BCUT2D eigenvalue weighted by Crippen LogP contribution is -2.52. The van der Waals surface area contributed by atoms with Gasteiger partial charge in [0.1, 0.15) is 4.90 Å². The topological polar surface area (TPSA) is 57.7 Å². The second-order valence-electron chi connectivity index (χ2n) is 7.57. The van der Waals surface area contributed by atoms with Crippen LogP contribution >= 0.6 is 0 Å². The number of hydrogen-bond acceptors (Lipinski definition) is 3. The van der Waals surface area contributed by atoms with Crippen molar-refractivity contribution in [2.24, 2.45) is 5.92 Å². The second-order valence-corrected chi connectivity index (χ2v) is 9.33. The zero-order chi connectivity index (χ0) is 19.2. The summed E-state index contributed by atoms with van der Waals surface area (Å²) in [6.07, 6.45) is 4.52. The molecule has 0 bridgehead atoms. The summed E-state index contributed by atoms with van der Waals surface area (Å²) in [5.74, 6) is 0.420. The van der Waals surface area contributed by atoms with E-state index in [1.807, 2.05) is 26.0 Å². The molecule has 1 aliphatic carbocycles. The molecular weight excluding hydrogens is 360 g/mol. The van der Waals surface area contributed by atoms with Gasteiger partial charge in [0.25, 0.3) is 10.0 Å². The summed E-state index contributed by atoms with van der Waals surface area (Å²) in [5.41, 5.74) is 2.61. The molecule has 0 saturated heterocycles. The number of carbonyl (C=O) groups excluding carboxylic acids is 1. The summed E-state index contributed by atoms with van der Waals surface area (Å²) in [7, 11) is -3.95. The van der Waals surface area contributed by atoms with E-state index in [0.29, 0.717) is 23.8 Å². The number of fused-ring (bicyclic) bond motifs is 1. The third kappa shape index (κ3) is 3.02. The maximum atomic E-state index is 13.4. The Morgan fingerprint density at radius 3 is 2.44 bits per heavy atom. The van der Waals surface area contributed by atoms with Crippen LogP contribution in [0.2, 0.25) is 0 Å². The molecule has 0 aromatic heterocycles. The monoisotopic (exact) mass is 384 g/mol. The quantitative estimate of drug-likeness (QED) is 0.775. The smallest absolute Gasteiger partial charge is 0.292 e. The fraction of sp³-hybridized carbons (Fsp3) is 0.381. The molecule has 27 heavy (non-hydrogen) atoms. The molecule has 5 nitrogen and oxygen atoms in total. The molecule has 0 unspecified atom stereocenters. The van der Waals surface area contributed by atoms with Gasteiger partial charge in [-0.25, -0.2) is 13.2 Å². The number of hydrogen-bond donors (Lipinski definition) is 0. The van der Waals surface area contributed by atoms with Crippen molar-refractivity contribution < 1.29 is 13.2 Å². The van der Waals surface area contributed by atoms with Crippen molar-refractivity contribution in [3.8, 4) is 0 Å². The Labute approximate surface area is 160 Å². The highest BCUT2D eigenvalue weighted by Crippen LogP contribution is 2.39. The molecule has 2 aromatic rings. The van der Waals surface area contributed by atoms with Crippen LogP contribution in [0.3, 0.4) is 0 Å². The molecule has 2 aromatic carbocycles. The number of anilines is 2. The molecule has 0 atom stereocenters. The fourth-order valence-corrected chi connectivity index (χ4v) is 5.76. The third-order valence-electron chi connectivity index (χ3n) is 5.58. The number of benzene rings is 2. The molecule has 4 rings (SSSR count). The highest BCUT2D eigenvalue weighted by molar-refractivity contribution is 7.94. The van der Waals surface area contributed by atoms with E-state index in [4.69, 9.17) is 0 Å². The van der Waals surface area contributed by atoms with E-state index in [2.05, 4.69) is 0 Å². The van der Waals surface area contributed by atoms with Crippen molar-refractivity contribution in [1.29, 1.82) is 0 Å². The molecule has 1 fully saturated rings. The van der Waals surface area contributed by atoms with E-state index in [1.165, 1.54) is 12.8 Å². The van der Waals surface area contributed by atoms with Crippen LogP contribution in [-0.4, -0.2) is 21.0 Å². The second kappa shape index (κ2) is 6.68. The van der Waals surface area contributed by atoms with Crippen molar-refractivity contribution >= 4 is 27.4 Å². The number of amides is 2. The lowest BCUT2D eigenvalue weighted by Gasteiger charge is -2.38. The van der Waals surface area contributed by atoms with Gasteiger partial charge in [-0.2, -0.15) is 4.31 Å². The molecule has 0 spiro atoms. The maximum absolute atomic E-state index is 13.4. The first-order valence-corrected chi connectivity index (χ1v) is 10.9. The SMILES string of the molecule is Cc1ccc(C)c(N2C(=O)N(CC3CCCC3)c3ccccc3S2(=O)=O)c1. The van der Waals surface area contributed by atoms with Crippen LogP contribution < -0.4 is 9.21 Å². The van der Waals surface area contributed by atoms with Crippen LogP contribution in [0.4, 0.5) is 16.2 Å². The number of rotatable bonds is 3. The summed E-state index contributed by atoms with van der Waals surface area (Å²) >= 11 is 0. The van der Waals surface area contributed by atoms with Gasteiger partial charge in [-0.05, 0) is 61.9 Å².